The molecule has 0 aliphatic heterocycles. The molecule has 0 fully saturated rings. The maximum absolute atomic E-state index is 4.37. The molecule has 0 bridgehead atoms. The van der Waals surface area contributed by atoms with Gasteiger partial charge in [0.25, 0.3) is 0 Å². The highest BCUT2D eigenvalue weighted by Crippen LogP contribution is 2.10. The van der Waals surface area contributed by atoms with Gasteiger partial charge >= 0.3 is 0 Å². The number of hydrogen-bond donors (Lipinski definition) is 0. The van der Waals surface area contributed by atoms with Crippen LogP contribution in [0.25, 0.3) is 0 Å². The quantitative estimate of drug-likeness (QED) is 0.532. The Morgan fingerprint density at radius 1 is 1.20 bits per heavy atom. The van der Waals surface area contributed by atoms with Crippen molar-refractivity contribution < 1.29 is 0 Å². The molecule has 0 saturated heterocycles. The SMILES string of the molecule is CCCCN=Cc1ccc(N(C)C)cc1. The van der Waals surface area contributed by atoms with Gasteiger partial charge in [0.1, 0.15) is 0 Å². The van der Waals surface area contributed by atoms with Crippen LogP contribution in [0.3, 0.4) is 0 Å². The first-order valence-corrected chi connectivity index (χ1v) is 5.51. The minimum atomic E-state index is 0.936. The van der Waals surface area contributed by atoms with Crippen LogP contribution in [0.15, 0.2) is 29.3 Å². The molecule has 0 N–H and O–H groups in total. The smallest absolute Gasteiger partial charge is 0.0389 e. The van der Waals surface area contributed by atoms with Gasteiger partial charge in [-0.3, -0.25) is 4.99 Å². The molecule has 82 valence electrons. The van der Waals surface area contributed by atoms with Crippen LogP contribution in [-0.4, -0.2) is 26.9 Å². The molecule has 0 spiro atoms. The molecule has 0 saturated carbocycles. The van der Waals surface area contributed by atoms with Crippen molar-refractivity contribution in [2.45, 2.75) is 19.8 Å². The van der Waals surface area contributed by atoms with Gasteiger partial charge in [-0.05, 0) is 24.1 Å². The van der Waals surface area contributed by atoms with Crippen LogP contribution in [0.1, 0.15) is 25.3 Å². The maximum Gasteiger partial charge on any atom is 0.0389 e. The van der Waals surface area contributed by atoms with E-state index in [9.17, 15) is 0 Å². The Balaban J connectivity index is 2.53. The van der Waals surface area contributed by atoms with Crippen LogP contribution >= 0.6 is 0 Å². The van der Waals surface area contributed by atoms with Crippen LogP contribution in [0, 0.1) is 0 Å². The fraction of sp³-hybridized carbons (Fsp3) is 0.462. The Hall–Kier alpha value is -1.31. The molecule has 0 heterocycles. The Kier molecular flexibility index (Phi) is 4.88. The topological polar surface area (TPSA) is 15.6 Å². The Morgan fingerprint density at radius 3 is 2.40 bits per heavy atom. The van der Waals surface area contributed by atoms with E-state index in [0.717, 1.165) is 6.54 Å². The summed E-state index contributed by atoms with van der Waals surface area (Å²) in [6.07, 6.45) is 4.33. The van der Waals surface area contributed by atoms with Gasteiger partial charge in [0.2, 0.25) is 0 Å². The number of anilines is 1. The second-order valence-electron chi connectivity index (χ2n) is 3.87. The van der Waals surface area contributed by atoms with E-state index in [1.807, 2.05) is 20.3 Å². The van der Waals surface area contributed by atoms with Gasteiger partial charge in [-0.1, -0.05) is 25.5 Å². The van der Waals surface area contributed by atoms with Crippen LogP contribution < -0.4 is 4.90 Å². The minimum Gasteiger partial charge on any atom is -0.378 e. The van der Waals surface area contributed by atoms with Gasteiger partial charge in [-0.2, -0.15) is 0 Å². The second kappa shape index (κ2) is 6.23. The molecule has 0 atom stereocenters. The standard InChI is InChI=1S/C13H20N2/c1-4-5-10-14-11-12-6-8-13(9-7-12)15(2)3/h6-9,11H,4-5,10H2,1-3H3. The molecule has 2 heteroatoms. The van der Waals surface area contributed by atoms with Crippen molar-refractivity contribution in [2.75, 3.05) is 25.5 Å². The summed E-state index contributed by atoms with van der Waals surface area (Å²) in [4.78, 5) is 6.46. The lowest BCUT2D eigenvalue weighted by Gasteiger charge is -2.11. The van der Waals surface area contributed by atoms with Crippen LogP contribution in [-0.2, 0) is 0 Å². The summed E-state index contributed by atoms with van der Waals surface area (Å²) in [6.45, 7) is 3.12. The second-order valence-corrected chi connectivity index (χ2v) is 3.87. The summed E-state index contributed by atoms with van der Waals surface area (Å²) in [5, 5.41) is 0. The number of unbranched alkanes of at least 4 members (excludes halogenated alkanes) is 1. The monoisotopic (exact) mass is 204 g/mol. The third-order valence-corrected chi connectivity index (χ3v) is 2.29. The van der Waals surface area contributed by atoms with Crippen LogP contribution in [0.5, 0.6) is 0 Å². The molecule has 1 rings (SSSR count). The summed E-state index contributed by atoms with van der Waals surface area (Å²) in [7, 11) is 4.09. The van der Waals surface area contributed by atoms with Gasteiger partial charge in [0.15, 0.2) is 0 Å². The first-order valence-electron chi connectivity index (χ1n) is 5.51. The average Bonchev–Trinajstić information content (AvgIpc) is 2.25. The van der Waals surface area contributed by atoms with Gasteiger partial charge in [-0.15, -0.1) is 0 Å². The van der Waals surface area contributed by atoms with E-state index in [4.69, 9.17) is 0 Å². The van der Waals surface area contributed by atoms with E-state index in [1.165, 1.54) is 24.1 Å². The van der Waals surface area contributed by atoms with Crippen LogP contribution in [0.2, 0.25) is 0 Å². The number of aliphatic imine (C=N–C) groups is 1. The van der Waals surface area contributed by atoms with Crippen molar-refractivity contribution >= 4 is 11.9 Å². The first-order chi connectivity index (χ1) is 7.24. The van der Waals surface area contributed by atoms with E-state index in [1.54, 1.807) is 0 Å². The molecule has 2 nitrogen and oxygen atoms in total. The van der Waals surface area contributed by atoms with Crippen molar-refractivity contribution in [3.8, 4) is 0 Å². The number of benzene rings is 1. The number of hydrogen-bond acceptors (Lipinski definition) is 2. The molecule has 1 aromatic rings. The summed E-state index contributed by atoms with van der Waals surface area (Å²) in [5.41, 5.74) is 2.40. The zero-order chi connectivity index (χ0) is 11.1. The van der Waals surface area contributed by atoms with Crippen molar-refractivity contribution in [3.05, 3.63) is 29.8 Å². The lowest BCUT2D eigenvalue weighted by Crippen LogP contribution is -2.08. The number of rotatable bonds is 5. The molecule has 0 aromatic heterocycles. The van der Waals surface area contributed by atoms with Gasteiger partial charge < -0.3 is 4.90 Å². The Labute approximate surface area is 92.6 Å². The first kappa shape index (κ1) is 11.8. The molecule has 0 aliphatic rings. The summed E-state index contributed by atoms with van der Waals surface area (Å²) >= 11 is 0. The molecule has 0 amide bonds. The predicted octanol–water partition coefficient (Wildman–Crippen LogP) is 2.97. The van der Waals surface area contributed by atoms with Crippen molar-refractivity contribution in [3.63, 3.8) is 0 Å². The third-order valence-electron chi connectivity index (χ3n) is 2.29. The minimum absolute atomic E-state index is 0.936. The molecule has 0 aliphatic carbocycles. The van der Waals surface area contributed by atoms with Crippen molar-refractivity contribution in [1.82, 2.24) is 0 Å². The van der Waals surface area contributed by atoms with Gasteiger partial charge in [0, 0.05) is 32.5 Å². The summed E-state index contributed by atoms with van der Waals surface area (Å²) in [5.74, 6) is 0. The molecule has 0 radical (unpaired) electrons. The Bertz CT molecular complexity index is 299. The Morgan fingerprint density at radius 2 is 1.87 bits per heavy atom. The zero-order valence-electron chi connectivity index (χ0n) is 9.90. The molecular weight excluding hydrogens is 184 g/mol. The van der Waals surface area contributed by atoms with E-state index in [-0.39, 0.29) is 0 Å². The third kappa shape index (κ3) is 4.15. The van der Waals surface area contributed by atoms with E-state index in [2.05, 4.69) is 41.1 Å². The fourth-order valence-corrected chi connectivity index (χ4v) is 1.28. The highest BCUT2D eigenvalue weighted by Gasteiger charge is 1.93. The van der Waals surface area contributed by atoms with E-state index in [0.29, 0.717) is 0 Å². The van der Waals surface area contributed by atoms with Gasteiger partial charge in [0.05, 0.1) is 0 Å². The molecule has 15 heavy (non-hydrogen) atoms. The average molecular weight is 204 g/mol. The summed E-state index contributed by atoms with van der Waals surface area (Å²) < 4.78 is 0. The predicted molar refractivity (Wildman–Crippen MR) is 68.1 cm³/mol. The van der Waals surface area contributed by atoms with Crippen molar-refractivity contribution in [2.24, 2.45) is 4.99 Å². The number of nitrogens with zero attached hydrogens (tertiary/aromatic N) is 2. The largest absolute Gasteiger partial charge is 0.378 e. The highest BCUT2D eigenvalue weighted by molar-refractivity contribution is 5.80. The van der Waals surface area contributed by atoms with Gasteiger partial charge in [-0.25, -0.2) is 0 Å². The van der Waals surface area contributed by atoms with E-state index < -0.39 is 0 Å². The van der Waals surface area contributed by atoms with Crippen molar-refractivity contribution in [1.29, 1.82) is 0 Å². The van der Waals surface area contributed by atoms with E-state index >= 15 is 0 Å². The van der Waals surface area contributed by atoms with Crippen LogP contribution in [0.4, 0.5) is 5.69 Å². The zero-order valence-corrected chi connectivity index (χ0v) is 9.90. The lowest BCUT2D eigenvalue weighted by molar-refractivity contribution is 0.810. The lowest BCUT2D eigenvalue weighted by atomic mass is 10.2. The molecular formula is C13H20N2. The highest BCUT2D eigenvalue weighted by atomic mass is 15.1. The molecule has 1 aromatic carbocycles. The fourth-order valence-electron chi connectivity index (χ4n) is 1.28. The maximum atomic E-state index is 4.37. The molecule has 0 unspecified atom stereocenters. The normalized spacial score (nSPS) is 10.9. The summed E-state index contributed by atoms with van der Waals surface area (Å²) in [6, 6.07) is 8.43.